The second-order valence-electron chi connectivity index (χ2n) is 5.75. The molecule has 1 aromatic rings. The minimum atomic E-state index is 0.100. The highest BCUT2D eigenvalue weighted by Gasteiger charge is 2.25. The van der Waals surface area contributed by atoms with Crippen molar-refractivity contribution in [1.29, 1.82) is 0 Å². The average molecular weight is 345 g/mol. The van der Waals surface area contributed by atoms with E-state index < -0.39 is 0 Å². The number of hydrogen-bond acceptors (Lipinski definition) is 3. The van der Waals surface area contributed by atoms with Gasteiger partial charge in [0.25, 0.3) is 0 Å². The van der Waals surface area contributed by atoms with Crippen LogP contribution in [0.5, 0.6) is 5.75 Å². The molecule has 2 N–H and O–H groups in total. The summed E-state index contributed by atoms with van der Waals surface area (Å²) in [5.74, 6) is 0.999. The summed E-state index contributed by atoms with van der Waals surface area (Å²) >= 11 is 12.0. The standard InChI is InChI=1S/C16H22Cl2N2O2/c1-11(19)12-4-3-8-20(10-12)15(21)7-9-22-14-6-2-5-13(17)16(14)18/h2,5-6,11-12H,3-4,7-10,19H2,1H3/t11-,12-/m1/s1. The Hall–Kier alpha value is -0.970. The molecule has 0 radical (unpaired) electrons. The summed E-state index contributed by atoms with van der Waals surface area (Å²) in [5.41, 5.74) is 5.95. The number of nitrogens with two attached hydrogens (primary N) is 1. The van der Waals surface area contributed by atoms with Crippen LogP contribution in [0.2, 0.25) is 10.0 Å². The molecule has 0 bridgehead atoms. The van der Waals surface area contributed by atoms with E-state index in [1.54, 1.807) is 18.2 Å². The van der Waals surface area contributed by atoms with Crippen LogP contribution >= 0.6 is 23.2 Å². The molecular weight excluding hydrogens is 323 g/mol. The molecule has 22 heavy (non-hydrogen) atoms. The first kappa shape index (κ1) is 17.4. The van der Waals surface area contributed by atoms with Crippen LogP contribution in [0.25, 0.3) is 0 Å². The fraction of sp³-hybridized carbons (Fsp3) is 0.562. The van der Waals surface area contributed by atoms with Crippen LogP contribution in [0.4, 0.5) is 0 Å². The second-order valence-corrected chi connectivity index (χ2v) is 6.54. The predicted octanol–water partition coefficient (Wildman–Crippen LogP) is 3.35. The number of rotatable bonds is 5. The van der Waals surface area contributed by atoms with Crippen LogP contribution in [0, 0.1) is 5.92 Å². The Kier molecular flexibility index (Phi) is 6.36. The lowest BCUT2D eigenvalue weighted by Gasteiger charge is -2.34. The Morgan fingerprint density at radius 2 is 2.27 bits per heavy atom. The molecule has 1 aromatic carbocycles. The van der Waals surface area contributed by atoms with Gasteiger partial charge in [0.05, 0.1) is 18.1 Å². The molecule has 0 spiro atoms. The summed E-state index contributed by atoms with van der Waals surface area (Å²) in [5, 5.41) is 0.827. The van der Waals surface area contributed by atoms with E-state index in [0.717, 1.165) is 25.9 Å². The molecule has 0 aliphatic carbocycles. The van der Waals surface area contributed by atoms with Gasteiger partial charge in [-0.1, -0.05) is 29.3 Å². The molecule has 2 rings (SSSR count). The van der Waals surface area contributed by atoms with E-state index in [1.807, 2.05) is 11.8 Å². The third kappa shape index (κ3) is 4.51. The van der Waals surface area contributed by atoms with Gasteiger partial charge in [-0.05, 0) is 37.8 Å². The van der Waals surface area contributed by atoms with Gasteiger partial charge in [-0.3, -0.25) is 4.79 Å². The molecule has 1 saturated heterocycles. The smallest absolute Gasteiger partial charge is 0.226 e. The quantitative estimate of drug-likeness (QED) is 0.890. The maximum atomic E-state index is 12.3. The lowest BCUT2D eigenvalue weighted by atomic mass is 9.92. The fourth-order valence-electron chi connectivity index (χ4n) is 2.67. The second kappa shape index (κ2) is 8.04. The summed E-state index contributed by atoms with van der Waals surface area (Å²) in [4.78, 5) is 14.1. The van der Waals surface area contributed by atoms with Gasteiger partial charge in [-0.25, -0.2) is 0 Å². The zero-order valence-electron chi connectivity index (χ0n) is 12.7. The van der Waals surface area contributed by atoms with Crippen LogP contribution in [0.15, 0.2) is 18.2 Å². The van der Waals surface area contributed by atoms with Crippen LogP contribution in [-0.4, -0.2) is 36.5 Å². The van der Waals surface area contributed by atoms with Crippen LogP contribution in [-0.2, 0) is 4.79 Å². The van der Waals surface area contributed by atoms with Crippen molar-refractivity contribution in [2.75, 3.05) is 19.7 Å². The molecule has 6 heteroatoms. The van der Waals surface area contributed by atoms with Crippen molar-refractivity contribution in [3.63, 3.8) is 0 Å². The normalized spacial score (nSPS) is 19.8. The maximum Gasteiger partial charge on any atom is 0.226 e. The van der Waals surface area contributed by atoms with Crippen molar-refractivity contribution in [3.8, 4) is 5.75 Å². The lowest BCUT2D eigenvalue weighted by molar-refractivity contribution is -0.133. The van der Waals surface area contributed by atoms with E-state index in [1.165, 1.54) is 0 Å². The van der Waals surface area contributed by atoms with E-state index >= 15 is 0 Å². The number of nitrogens with zero attached hydrogens (tertiary/aromatic N) is 1. The van der Waals surface area contributed by atoms with Gasteiger partial charge in [0.15, 0.2) is 0 Å². The van der Waals surface area contributed by atoms with E-state index in [2.05, 4.69) is 0 Å². The molecule has 122 valence electrons. The molecule has 1 fully saturated rings. The summed E-state index contributed by atoms with van der Waals surface area (Å²) in [7, 11) is 0. The van der Waals surface area contributed by atoms with Crippen LogP contribution < -0.4 is 10.5 Å². The van der Waals surface area contributed by atoms with Gasteiger partial charge in [0.2, 0.25) is 5.91 Å². The molecule has 0 aromatic heterocycles. The van der Waals surface area contributed by atoms with Gasteiger partial charge in [-0.15, -0.1) is 0 Å². The Morgan fingerprint density at radius 1 is 1.50 bits per heavy atom. The fourth-order valence-corrected chi connectivity index (χ4v) is 3.01. The van der Waals surface area contributed by atoms with E-state index in [4.69, 9.17) is 33.7 Å². The van der Waals surface area contributed by atoms with Crippen molar-refractivity contribution >= 4 is 29.1 Å². The van der Waals surface area contributed by atoms with E-state index in [9.17, 15) is 4.79 Å². The number of ether oxygens (including phenoxy) is 1. The zero-order valence-corrected chi connectivity index (χ0v) is 14.2. The van der Waals surface area contributed by atoms with E-state index in [0.29, 0.717) is 28.1 Å². The van der Waals surface area contributed by atoms with Gasteiger partial charge >= 0.3 is 0 Å². The SMILES string of the molecule is C[C@@H](N)[C@@H]1CCCN(C(=O)CCOc2cccc(Cl)c2Cl)C1. The predicted molar refractivity (Wildman–Crippen MR) is 89.5 cm³/mol. The van der Waals surface area contributed by atoms with Crippen molar-refractivity contribution in [2.45, 2.75) is 32.2 Å². The summed E-state index contributed by atoms with van der Waals surface area (Å²) in [6, 6.07) is 5.33. The van der Waals surface area contributed by atoms with Crippen molar-refractivity contribution in [3.05, 3.63) is 28.2 Å². The molecule has 0 unspecified atom stereocenters. The minimum absolute atomic E-state index is 0.100. The van der Waals surface area contributed by atoms with Gasteiger partial charge in [0, 0.05) is 19.1 Å². The first-order valence-electron chi connectivity index (χ1n) is 7.59. The summed E-state index contributed by atoms with van der Waals surface area (Å²) < 4.78 is 5.56. The molecule has 4 nitrogen and oxygen atoms in total. The number of piperidine rings is 1. The van der Waals surface area contributed by atoms with Crippen molar-refractivity contribution in [2.24, 2.45) is 11.7 Å². The monoisotopic (exact) mass is 344 g/mol. The Labute approximate surface area is 141 Å². The van der Waals surface area contributed by atoms with Crippen molar-refractivity contribution in [1.82, 2.24) is 4.90 Å². The molecule has 1 heterocycles. The minimum Gasteiger partial charge on any atom is -0.491 e. The topological polar surface area (TPSA) is 55.6 Å². The largest absolute Gasteiger partial charge is 0.491 e. The van der Waals surface area contributed by atoms with Gasteiger partial charge in [0.1, 0.15) is 10.8 Å². The molecule has 1 aliphatic heterocycles. The number of carbonyl (C=O) groups excluding carboxylic acids is 1. The highest BCUT2D eigenvalue weighted by molar-refractivity contribution is 6.42. The Morgan fingerprint density at radius 3 is 3.00 bits per heavy atom. The molecule has 1 aliphatic rings. The third-order valence-corrected chi connectivity index (χ3v) is 4.85. The molecular formula is C16H22Cl2N2O2. The summed E-state index contributed by atoms with van der Waals surface area (Å²) in [6.45, 7) is 3.84. The maximum absolute atomic E-state index is 12.3. The lowest BCUT2D eigenvalue weighted by Crippen LogP contribution is -2.45. The number of halogens is 2. The molecule has 2 atom stereocenters. The molecule has 0 saturated carbocycles. The Balaban J connectivity index is 1.81. The number of likely N-dealkylation sites (tertiary alicyclic amines) is 1. The first-order valence-corrected chi connectivity index (χ1v) is 8.34. The van der Waals surface area contributed by atoms with Crippen LogP contribution in [0.3, 0.4) is 0 Å². The summed E-state index contributed by atoms with van der Waals surface area (Å²) in [6.07, 6.45) is 2.43. The highest BCUT2D eigenvalue weighted by Crippen LogP contribution is 2.31. The van der Waals surface area contributed by atoms with Crippen molar-refractivity contribution < 1.29 is 9.53 Å². The van der Waals surface area contributed by atoms with Crippen LogP contribution in [0.1, 0.15) is 26.2 Å². The number of carbonyl (C=O) groups is 1. The molecule has 1 amide bonds. The number of hydrogen-bond donors (Lipinski definition) is 1. The van der Waals surface area contributed by atoms with Gasteiger partial charge < -0.3 is 15.4 Å². The number of benzene rings is 1. The number of amides is 1. The third-order valence-electron chi connectivity index (χ3n) is 4.04. The first-order chi connectivity index (χ1) is 10.5. The zero-order chi connectivity index (χ0) is 16.1. The Bertz CT molecular complexity index is 523. The average Bonchev–Trinajstić information content (AvgIpc) is 2.51. The highest BCUT2D eigenvalue weighted by atomic mass is 35.5. The van der Waals surface area contributed by atoms with E-state index in [-0.39, 0.29) is 18.6 Å². The van der Waals surface area contributed by atoms with Gasteiger partial charge in [-0.2, -0.15) is 0 Å².